The molecule has 1 aromatic carbocycles. The average Bonchev–Trinajstić information content (AvgIpc) is 2.97. The van der Waals surface area contributed by atoms with E-state index >= 15 is 0 Å². The van der Waals surface area contributed by atoms with Crippen LogP contribution in [-0.2, 0) is 16.0 Å². The van der Waals surface area contributed by atoms with Gasteiger partial charge in [-0.15, -0.1) is 0 Å². The number of anilines is 1. The van der Waals surface area contributed by atoms with Gasteiger partial charge < -0.3 is 15.3 Å². The highest BCUT2D eigenvalue weighted by Gasteiger charge is 2.32. The minimum atomic E-state index is -0.620. The van der Waals surface area contributed by atoms with Gasteiger partial charge in [0.2, 0.25) is 0 Å². The van der Waals surface area contributed by atoms with Crippen LogP contribution in [0.3, 0.4) is 0 Å². The lowest BCUT2D eigenvalue weighted by atomic mass is 10.0. The van der Waals surface area contributed by atoms with Crippen LogP contribution in [0.25, 0.3) is 0 Å². The van der Waals surface area contributed by atoms with Crippen molar-refractivity contribution in [2.75, 3.05) is 18.4 Å². The highest BCUT2D eigenvalue weighted by molar-refractivity contribution is 6.39. The normalized spacial score (nSPS) is 19.4. The van der Waals surface area contributed by atoms with Crippen LogP contribution in [0.4, 0.5) is 5.69 Å². The van der Waals surface area contributed by atoms with Crippen molar-refractivity contribution in [3.05, 3.63) is 29.8 Å². The summed E-state index contributed by atoms with van der Waals surface area (Å²) in [7, 11) is 0. The van der Waals surface area contributed by atoms with Crippen LogP contribution in [0.5, 0.6) is 0 Å². The van der Waals surface area contributed by atoms with Crippen molar-refractivity contribution in [1.29, 1.82) is 0 Å². The quantitative estimate of drug-likeness (QED) is 0.827. The first-order valence-corrected chi connectivity index (χ1v) is 7.38. The maximum absolute atomic E-state index is 12.1. The molecule has 0 bridgehead atoms. The van der Waals surface area contributed by atoms with Crippen molar-refractivity contribution in [2.24, 2.45) is 5.92 Å². The first-order chi connectivity index (χ1) is 10.0. The SMILES string of the molecule is CCc1ccc(NC(=O)C(=O)N2CCC(C(C)O)C2)cc1. The van der Waals surface area contributed by atoms with Gasteiger partial charge >= 0.3 is 11.8 Å². The molecule has 0 saturated carbocycles. The largest absolute Gasteiger partial charge is 0.393 e. The second kappa shape index (κ2) is 6.72. The van der Waals surface area contributed by atoms with Gasteiger partial charge in [0.25, 0.3) is 0 Å². The topological polar surface area (TPSA) is 69.6 Å². The smallest absolute Gasteiger partial charge is 0.313 e. The van der Waals surface area contributed by atoms with Crippen molar-refractivity contribution >= 4 is 17.5 Å². The van der Waals surface area contributed by atoms with Crippen LogP contribution in [0.2, 0.25) is 0 Å². The molecule has 1 heterocycles. The Hall–Kier alpha value is -1.88. The van der Waals surface area contributed by atoms with Crippen LogP contribution in [-0.4, -0.2) is 41.0 Å². The van der Waals surface area contributed by atoms with Crippen molar-refractivity contribution in [3.63, 3.8) is 0 Å². The summed E-state index contributed by atoms with van der Waals surface area (Å²) in [6.45, 7) is 4.74. The van der Waals surface area contributed by atoms with Gasteiger partial charge in [-0.1, -0.05) is 19.1 Å². The molecule has 2 unspecified atom stereocenters. The molecule has 2 N–H and O–H groups in total. The van der Waals surface area contributed by atoms with Crippen LogP contribution >= 0.6 is 0 Å². The zero-order valence-corrected chi connectivity index (χ0v) is 12.5. The average molecular weight is 290 g/mol. The summed E-state index contributed by atoms with van der Waals surface area (Å²) < 4.78 is 0. The molecule has 114 valence electrons. The first kappa shape index (κ1) is 15.5. The summed E-state index contributed by atoms with van der Waals surface area (Å²) in [5.74, 6) is -1.09. The van der Waals surface area contributed by atoms with Gasteiger partial charge in [-0.05, 0) is 37.5 Å². The van der Waals surface area contributed by atoms with Crippen LogP contribution in [0, 0.1) is 5.92 Å². The Morgan fingerprint density at radius 1 is 1.38 bits per heavy atom. The number of hydrogen-bond donors (Lipinski definition) is 2. The van der Waals surface area contributed by atoms with Gasteiger partial charge in [-0.3, -0.25) is 9.59 Å². The summed E-state index contributed by atoms with van der Waals surface area (Å²) in [6.07, 6.45) is 1.22. The van der Waals surface area contributed by atoms with Gasteiger partial charge in [0.15, 0.2) is 0 Å². The molecule has 2 rings (SSSR count). The van der Waals surface area contributed by atoms with Crippen LogP contribution in [0.1, 0.15) is 25.8 Å². The number of aliphatic hydroxyl groups is 1. The van der Waals surface area contributed by atoms with Crippen LogP contribution in [0.15, 0.2) is 24.3 Å². The Kier molecular flexibility index (Phi) is 4.96. The second-order valence-electron chi connectivity index (χ2n) is 5.55. The number of hydrogen-bond acceptors (Lipinski definition) is 3. The van der Waals surface area contributed by atoms with E-state index in [0.29, 0.717) is 18.8 Å². The number of carbonyl (C=O) groups is 2. The first-order valence-electron chi connectivity index (χ1n) is 7.38. The van der Waals surface area contributed by atoms with E-state index in [1.165, 1.54) is 10.5 Å². The highest BCUT2D eigenvalue weighted by Crippen LogP contribution is 2.20. The van der Waals surface area contributed by atoms with E-state index < -0.39 is 17.9 Å². The molecular formula is C16H22N2O3. The summed E-state index contributed by atoms with van der Waals surface area (Å²) >= 11 is 0. The second-order valence-corrected chi connectivity index (χ2v) is 5.55. The van der Waals surface area contributed by atoms with Crippen molar-refractivity contribution < 1.29 is 14.7 Å². The molecule has 2 atom stereocenters. The van der Waals surface area contributed by atoms with E-state index in [-0.39, 0.29) is 5.92 Å². The van der Waals surface area contributed by atoms with E-state index in [1.807, 2.05) is 12.1 Å². The molecule has 1 aliphatic heterocycles. The third-order valence-electron chi connectivity index (χ3n) is 4.01. The molecule has 21 heavy (non-hydrogen) atoms. The molecule has 0 radical (unpaired) electrons. The lowest BCUT2D eigenvalue weighted by Gasteiger charge is -2.17. The van der Waals surface area contributed by atoms with E-state index in [2.05, 4.69) is 12.2 Å². The lowest BCUT2D eigenvalue weighted by molar-refractivity contribution is -0.142. The Bertz CT molecular complexity index is 511. The van der Waals surface area contributed by atoms with Crippen molar-refractivity contribution in [2.45, 2.75) is 32.8 Å². The minimum absolute atomic E-state index is 0.0607. The number of nitrogens with zero attached hydrogens (tertiary/aromatic N) is 1. The summed E-state index contributed by atoms with van der Waals surface area (Å²) in [6, 6.07) is 7.46. The molecule has 1 fully saturated rings. The summed E-state index contributed by atoms with van der Waals surface area (Å²) in [5.41, 5.74) is 1.80. The minimum Gasteiger partial charge on any atom is -0.393 e. The van der Waals surface area contributed by atoms with Gasteiger partial charge in [0, 0.05) is 24.7 Å². The number of aliphatic hydroxyl groups excluding tert-OH is 1. The van der Waals surface area contributed by atoms with Gasteiger partial charge in [-0.25, -0.2) is 0 Å². The maximum Gasteiger partial charge on any atom is 0.313 e. The molecule has 0 aromatic heterocycles. The molecule has 0 aliphatic carbocycles. The zero-order valence-electron chi connectivity index (χ0n) is 12.5. The Morgan fingerprint density at radius 3 is 2.57 bits per heavy atom. The van der Waals surface area contributed by atoms with Gasteiger partial charge in [0.1, 0.15) is 0 Å². The number of benzene rings is 1. The predicted octanol–water partition coefficient (Wildman–Crippen LogP) is 1.42. The summed E-state index contributed by atoms with van der Waals surface area (Å²) in [5, 5.41) is 12.2. The molecule has 1 saturated heterocycles. The Morgan fingerprint density at radius 2 is 2.05 bits per heavy atom. The van der Waals surface area contributed by atoms with Gasteiger partial charge in [0.05, 0.1) is 6.10 Å². The Balaban J connectivity index is 1.92. The fourth-order valence-corrected chi connectivity index (χ4v) is 2.52. The number of rotatable bonds is 3. The highest BCUT2D eigenvalue weighted by atomic mass is 16.3. The standard InChI is InChI=1S/C16H22N2O3/c1-3-12-4-6-14(7-5-12)17-15(20)16(21)18-9-8-13(10-18)11(2)19/h4-7,11,13,19H,3,8-10H2,1-2H3,(H,17,20). The summed E-state index contributed by atoms with van der Waals surface area (Å²) in [4.78, 5) is 25.5. The Labute approximate surface area is 125 Å². The van der Waals surface area contributed by atoms with E-state index in [4.69, 9.17) is 0 Å². The molecule has 5 nitrogen and oxygen atoms in total. The van der Waals surface area contributed by atoms with E-state index in [1.54, 1.807) is 19.1 Å². The van der Waals surface area contributed by atoms with E-state index in [0.717, 1.165) is 12.8 Å². The number of nitrogens with one attached hydrogen (secondary N) is 1. The fourth-order valence-electron chi connectivity index (χ4n) is 2.52. The van der Waals surface area contributed by atoms with Crippen molar-refractivity contribution in [1.82, 2.24) is 4.90 Å². The monoisotopic (exact) mass is 290 g/mol. The van der Waals surface area contributed by atoms with Gasteiger partial charge in [-0.2, -0.15) is 0 Å². The molecular weight excluding hydrogens is 268 g/mol. The third kappa shape index (κ3) is 3.82. The third-order valence-corrected chi connectivity index (χ3v) is 4.01. The number of aryl methyl sites for hydroxylation is 1. The number of carbonyl (C=O) groups excluding carboxylic acids is 2. The van der Waals surface area contributed by atoms with E-state index in [9.17, 15) is 14.7 Å². The molecule has 5 heteroatoms. The van der Waals surface area contributed by atoms with Crippen LogP contribution < -0.4 is 5.32 Å². The number of likely N-dealkylation sites (tertiary alicyclic amines) is 1. The zero-order chi connectivity index (χ0) is 15.4. The fraction of sp³-hybridized carbons (Fsp3) is 0.500. The lowest BCUT2D eigenvalue weighted by Crippen LogP contribution is -2.38. The predicted molar refractivity (Wildman–Crippen MR) is 80.8 cm³/mol. The number of amides is 2. The van der Waals surface area contributed by atoms with Crippen molar-refractivity contribution in [3.8, 4) is 0 Å². The maximum atomic E-state index is 12.1. The molecule has 1 aliphatic rings. The molecule has 0 spiro atoms. The molecule has 1 aromatic rings. The molecule has 2 amide bonds.